The van der Waals surface area contributed by atoms with E-state index in [2.05, 4.69) is 17.3 Å². The molecular formula is C18H25N3O3. The van der Waals surface area contributed by atoms with E-state index in [1.54, 1.807) is 4.68 Å². The number of nitrogens with zero attached hydrogens (tertiary/aromatic N) is 2. The molecule has 1 amide bonds. The molecule has 1 aromatic heterocycles. The highest BCUT2D eigenvalue weighted by atomic mass is 16.5. The van der Waals surface area contributed by atoms with Gasteiger partial charge in [-0.1, -0.05) is 31.2 Å². The minimum Gasteiger partial charge on any atom is -0.480 e. The smallest absolute Gasteiger partial charge is 0.258 e. The molecule has 0 aliphatic carbocycles. The first-order valence-corrected chi connectivity index (χ1v) is 8.08. The summed E-state index contributed by atoms with van der Waals surface area (Å²) < 4.78 is 7.31. The van der Waals surface area contributed by atoms with Crippen LogP contribution in [0.25, 0.3) is 0 Å². The highest BCUT2D eigenvalue weighted by molar-refractivity contribution is 5.78. The number of aromatic nitrogens is 2. The summed E-state index contributed by atoms with van der Waals surface area (Å²) >= 11 is 0. The largest absolute Gasteiger partial charge is 0.480 e. The molecule has 2 rings (SSSR count). The van der Waals surface area contributed by atoms with Crippen molar-refractivity contribution in [1.29, 1.82) is 0 Å². The number of benzene rings is 1. The number of nitrogens with one attached hydrogen (secondary N) is 1. The van der Waals surface area contributed by atoms with E-state index >= 15 is 0 Å². The van der Waals surface area contributed by atoms with E-state index in [1.807, 2.05) is 45.2 Å². The van der Waals surface area contributed by atoms with Gasteiger partial charge in [-0.15, -0.1) is 0 Å². The van der Waals surface area contributed by atoms with Gasteiger partial charge in [0.05, 0.1) is 18.3 Å². The number of rotatable bonds is 7. The number of aryl methyl sites for hydroxylation is 3. The maximum Gasteiger partial charge on any atom is 0.258 e. The predicted octanol–water partition coefficient (Wildman–Crippen LogP) is 1.83. The number of ether oxygens (including phenoxy) is 1. The Bertz CT molecular complexity index is 692. The zero-order valence-electron chi connectivity index (χ0n) is 14.7. The Hall–Kier alpha value is -2.34. The van der Waals surface area contributed by atoms with Gasteiger partial charge in [-0.2, -0.15) is 5.10 Å². The fourth-order valence-electron chi connectivity index (χ4n) is 2.56. The van der Waals surface area contributed by atoms with Crippen LogP contribution in [0.5, 0.6) is 5.75 Å². The van der Waals surface area contributed by atoms with Crippen LogP contribution in [0.3, 0.4) is 0 Å². The SMILES string of the molecule is CCc1ccc(C(CO)NC(=O)COc2c(C)nn(C)c2C)cc1. The molecule has 0 saturated heterocycles. The lowest BCUT2D eigenvalue weighted by molar-refractivity contribution is -0.124. The van der Waals surface area contributed by atoms with Crippen molar-refractivity contribution < 1.29 is 14.6 Å². The quantitative estimate of drug-likeness (QED) is 0.811. The maximum atomic E-state index is 12.1. The average Bonchev–Trinajstić information content (AvgIpc) is 2.83. The lowest BCUT2D eigenvalue weighted by atomic mass is 10.0. The molecule has 24 heavy (non-hydrogen) atoms. The fourth-order valence-corrected chi connectivity index (χ4v) is 2.56. The molecule has 130 valence electrons. The van der Waals surface area contributed by atoms with E-state index in [0.29, 0.717) is 5.75 Å². The van der Waals surface area contributed by atoms with Gasteiger partial charge < -0.3 is 15.2 Å². The summed E-state index contributed by atoms with van der Waals surface area (Å²) in [6, 6.07) is 7.42. The molecule has 1 heterocycles. The van der Waals surface area contributed by atoms with Crippen LogP contribution in [0.15, 0.2) is 24.3 Å². The predicted molar refractivity (Wildman–Crippen MR) is 92.0 cm³/mol. The lowest BCUT2D eigenvalue weighted by Gasteiger charge is -2.17. The number of amides is 1. The zero-order chi connectivity index (χ0) is 17.7. The number of hydrogen-bond acceptors (Lipinski definition) is 4. The van der Waals surface area contributed by atoms with Crippen molar-refractivity contribution in [3.63, 3.8) is 0 Å². The monoisotopic (exact) mass is 331 g/mol. The molecule has 1 unspecified atom stereocenters. The van der Waals surface area contributed by atoms with Gasteiger partial charge in [-0.3, -0.25) is 9.48 Å². The molecule has 0 spiro atoms. The summed E-state index contributed by atoms with van der Waals surface area (Å²) in [6.45, 7) is 5.53. The van der Waals surface area contributed by atoms with E-state index in [4.69, 9.17) is 4.74 Å². The van der Waals surface area contributed by atoms with Crippen LogP contribution in [0.4, 0.5) is 0 Å². The van der Waals surface area contributed by atoms with Crippen molar-refractivity contribution in [3.05, 3.63) is 46.8 Å². The standard InChI is InChI=1S/C18H25N3O3/c1-5-14-6-8-15(9-7-14)16(10-22)19-17(23)11-24-18-12(2)20-21(4)13(18)3/h6-9,16,22H,5,10-11H2,1-4H3,(H,19,23). The third-order valence-corrected chi connectivity index (χ3v) is 4.10. The number of carbonyl (C=O) groups excluding carboxylic acids is 1. The second-order valence-electron chi connectivity index (χ2n) is 5.81. The normalized spacial score (nSPS) is 12.0. The van der Waals surface area contributed by atoms with Gasteiger partial charge in [-0.25, -0.2) is 0 Å². The third-order valence-electron chi connectivity index (χ3n) is 4.10. The Morgan fingerprint density at radius 3 is 2.50 bits per heavy atom. The van der Waals surface area contributed by atoms with Crippen LogP contribution in [-0.2, 0) is 18.3 Å². The third kappa shape index (κ3) is 4.14. The Balaban J connectivity index is 1.96. The van der Waals surface area contributed by atoms with E-state index in [9.17, 15) is 9.90 Å². The maximum absolute atomic E-state index is 12.1. The van der Waals surface area contributed by atoms with Crippen molar-refractivity contribution >= 4 is 5.91 Å². The van der Waals surface area contributed by atoms with Gasteiger partial charge in [0, 0.05) is 7.05 Å². The molecule has 0 fully saturated rings. The van der Waals surface area contributed by atoms with Crippen LogP contribution in [0.2, 0.25) is 0 Å². The molecular weight excluding hydrogens is 306 g/mol. The number of hydrogen-bond donors (Lipinski definition) is 2. The lowest BCUT2D eigenvalue weighted by Crippen LogP contribution is -2.34. The van der Waals surface area contributed by atoms with Crippen molar-refractivity contribution in [2.75, 3.05) is 13.2 Å². The zero-order valence-corrected chi connectivity index (χ0v) is 14.7. The van der Waals surface area contributed by atoms with Crippen molar-refractivity contribution in [2.45, 2.75) is 33.2 Å². The van der Waals surface area contributed by atoms with Gasteiger partial charge in [-0.05, 0) is 31.4 Å². The minimum atomic E-state index is -0.442. The molecule has 6 nitrogen and oxygen atoms in total. The van der Waals surface area contributed by atoms with Crippen molar-refractivity contribution in [3.8, 4) is 5.75 Å². The average molecular weight is 331 g/mol. The second kappa shape index (κ2) is 7.97. The molecule has 2 N–H and O–H groups in total. The molecule has 0 bridgehead atoms. The summed E-state index contributed by atoms with van der Waals surface area (Å²) in [7, 11) is 1.83. The summed E-state index contributed by atoms with van der Waals surface area (Å²) in [5.41, 5.74) is 3.70. The molecule has 2 aromatic rings. The van der Waals surface area contributed by atoms with E-state index in [-0.39, 0.29) is 19.1 Å². The number of aliphatic hydroxyl groups is 1. The van der Waals surface area contributed by atoms with Crippen LogP contribution in [0.1, 0.15) is 35.5 Å². The fraction of sp³-hybridized carbons (Fsp3) is 0.444. The minimum absolute atomic E-state index is 0.114. The van der Waals surface area contributed by atoms with E-state index in [1.165, 1.54) is 5.56 Å². The first-order valence-electron chi connectivity index (χ1n) is 8.08. The molecule has 0 saturated carbocycles. The molecule has 0 aliphatic heterocycles. The van der Waals surface area contributed by atoms with Gasteiger partial charge in [0.1, 0.15) is 5.69 Å². The molecule has 6 heteroatoms. The van der Waals surface area contributed by atoms with Crippen molar-refractivity contribution in [2.24, 2.45) is 7.05 Å². The summed E-state index contributed by atoms with van der Waals surface area (Å²) in [4.78, 5) is 12.1. The Morgan fingerprint density at radius 1 is 1.33 bits per heavy atom. The van der Waals surface area contributed by atoms with Crippen LogP contribution < -0.4 is 10.1 Å². The Kier molecular flexibility index (Phi) is 5.98. The van der Waals surface area contributed by atoms with Crippen LogP contribution >= 0.6 is 0 Å². The van der Waals surface area contributed by atoms with Crippen LogP contribution in [-0.4, -0.2) is 34.0 Å². The second-order valence-corrected chi connectivity index (χ2v) is 5.81. The topological polar surface area (TPSA) is 76.4 Å². The van der Waals surface area contributed by atoms with Crippen LogP contribution in [0, 0.1) is 13.8 Å². The van der Waals surface area contributed by atoms with E-state index < -0.39 is 6.04 Å². The Labute approximate surface area is 142 Å². The first kappa shape index (κ1) is 18.0. The number of aliphatic hydroxyl groups excluding tert-OH is 1. The van der Waals surface area contributed by atoms with E-state index in [0.717, 1.165) is 23.4 Å². The van der Waals surface area contributed by atoms with Gasteiger partial charge >= 0.3 is 0 Å². The Morgan fingerprint density at radius 2 is 2.00 bits per heavy atom. The summed E-state index contributed by atoms with van der Waals surface area (Å²) in [5.74, 6) is 0.344. The molecule has 0 radical (unpaired) electrons. The molecule has 1 atom stereocenters. The van der Waals surface area contributed by atoms with Crippen molar-refractivity contribution in [1.82, 2.24) is 15.1 Å². The highest BCUT2D eigenvalue weighted by Gasteiger charge is 2.16. The first-order chi connectivity index (χ1) is 11.5. The number of carbonyl (C=O) groups is 1. The summed E-state index contributed by atoms with van der Waals surface area (Å²) in [5, 5.41) is 16.6. The van der Waals surface area contributed by atoms with Gasteiger partial charge in [0.2, 0.25) is 0 Å². The highest BCUT2D eigenvalue weighted by Crippen LogP contribution is 2.21. The molecule has 0 aliphatic rings. The van der Waals surface area contributed by atoms with Gasteiger partial charge in [0.15, 0.2) is 12.4 Å². The van der Waals surface area contributed by atoms with Gasteiger partial charge in [0.25, 0.3) is 5.91 Å². The summed E-state index contributed by atoms with van der Waals surface area (Å²) in [6.07, 6.45) is 0.952. The molecule has 1 aromatic carbocycles.